The third-order valence-electron chi connectivity index (χ3n) is 5.63. The Labute approximate surface area is 134 Å². The minimum atomic E-state index is 0.105. The van der Waals surface area contributed by atoms with E-state index >= 15 is 0 Å². The Morgan fingerprint density at radius 1 is 1.14 bits per heavy atom. The Hall–Kier alpha value is 0.170. The lowest BCUT2D eigenvalue weighted by atomic mass is 9.82. The van der Waals surface area contributed by atoms with Crippen molar-refractivity contribution in [2.45, 2.75) is 63.0 Å². The molecule has 1 aliphatic heterocycles. The maximum absolute atomic E-state index is 6.44. The van der Waals surface area contributed by atoms with E-state index in [1.165, 1.54) is 38.8 Å². The smallest absolute Gasteiger partial charge is 0.0631 e. The Morgan fingerprint density at radius 3 is 2.52 bits per heavy atom. The van der Waals surface area contributed by atoms with Gasteiger partial charge in [0.2, 0.25) is 0 Å². The van der Waals surface area contributed by atoms with Gasteiger partial charge in [-0.15, -0.1) is 11.6 Å². The highest BCUT2D eigenvalue weighted by Crippen LogP contribution is 2.34. The number of likely N-dealkylation sites (tertiary alicyclic amines) is 1. The van der Waals surface area contributed by atoms with Crippen LogP contribution in [0.1, 0.15) is 45.4 Å². The van der Waals surface area contributed by atoms with Crippen LogP contribution >= 0.6 is 11.6 Å². The minimum absolute atomic E-state index is 0.105. The van der Waals surface area contributed by atoms with Crippen LogP contribution < -0.4 is 5.73 Å². The number of ether oxygens (including phenoxy) is 1. The van der Waals surface area contributed by atoms with Crippen LogP contribution in [0.25, 0.3) is 0 Å². The number of nitrogens with two attached hydrogens (primary N) is 1. The second-order valence-corrected chi connectivity index (χ2v) is 8.27. The number of alkyl halides is 1. The first kappa shape index (κ1) is 16.0. The monoisotopic (exact) mass is 314 g/mol. The summed E-state index contributed by atoms with van der Waals surface area (Å²) in [6.45, 7) is 6.95. The van der Waals surface area contributed by atoms with Gasteiger partial charge in [0, 0.05) is 24.6 Å². The number of hydrogen-bond acceptors (Lipinski definition) is 3. The highest BCUT2D eigenvalue weighted by molar-refractivity contribution is 6.21. The fraction of sp³-hybridized carbons (Fsp3) is 1.00. The Balaban J connectivity index is 1.53. The molecule has 2 N–H and O–H groups in total. The van der Waals surface area contributed by atoms with Crippen LogP contribution in [0, 0.1) is 17.8 Å². The van der Waals surface area contributed by atoms with E-state index in [0.29, 0.717) is 12.0 Å². The van der Waals surface area contributed by atoms with Crippen molar-refractivity contribution < 1.29 is 4.74 Å². The average molecular weight is 315 g/mol. The highest BCUT2D eigenvalue weighted by Gasteiger charge is 2.37. The lowest BCUT2D eigenvalue weighted by Gasteiger charge is -2.41. The van der Waals surface area contributed by atoms with E-state index in [1.54, 1.807) is 0 Å². The third-order valence-corrected chi connectivity index (χ3v) is 6.14. The predicted molar refractivity (Wildman–Crippen MR) is 87.6 cm³/mol. The van der Waals surface area contributed by atoms with E-state index in [9.17, 15) is 0 Å². The number of rotatable bonds is 5. The number of nitrogens with zero attached hydrogens (tertiary/aromatic N) is 1. The van der Waals surface area contributed by atoms with Gasteiger partial charge in [-0.2, -0.15) is 0 Å². The number of piperidine rings is 1. The van der Waals surface area contributed by atoms with Gasteiger partial charge in [-0.05, 0) is 69.4 Å². The maximum Gasteiger partial charge on any atom is 0.0631 e. The van der Waals surface area contributed by atoms with Crippen LogP contribution in [0.2, 0.25) is 0 Å². The zero-order valence-corrected chi connectivity index (χ0v) is 14.1. The zero-order chi connectivity index (χ0) is 14.8. The molecule has 3 rings (SSSR count). The van der Waals surface area contributed by atoms with Crippen molar-refractivity contribution in [3.05, 3.63) is 0 Å². The van der Waals surface area contributed by atoms with Crippen LogP contribution in [0.15, 0.2) is 0 Å². The van der Waals surface area contributed by atoms with Gasteiger partial charge in [-0.3, -0.25) is 0 Å². The molecule has 3 nitrogen and oxygen atoms in total. The Kier molecular flexibility index (Phi) is 5.47. The van der Waals surface area contributed by atoms with Gasteiger partial charge in [-0.1, -0.05) is 6.92 Å². The lowest BCUT2D eigenvalue weighted by Crippen LogP contribution is -2.49. The van der Waals surface area contributed by atoms with Crippen LogP contribution in [-0.4, -0.2) is 48.7 Å². The summed E-state index contributed by atoms with van der Waals surface area (Å²) in [6, 6.07) is 0.105. The zero-order valence-electron chi connectivity index (χ0n) is 13.3. The Bertz CT molecular complexity index is 329. The predicted octanol–water partition coefficient (Wildman–Crippen LogP) is 2.86. The van der Waals surface area contributed by atoms with Gasteiger partial charge in [0.15, 0.2) is 0 Å². The lowest BCUT2D eigenvalue weighted by molar-refractivity contribution is -0.0320. The molecule has 0 aromatic rings. The molecule has 122 valence electrons. The van der Waals surface area contributed by atoms with Gasteiger partial charge >= 0.3 is 0 Å². The molecule has 4 atom stereocenters. The van der Waals surface area contributed by atoms with Gasteiger partial charge in [0.1, 0.15) is 0 Å². The normalized spacial score (nSPS) is 39.6. The fourth-order valence-corrected chi connectivity index (χ4v) is 4.07. The van der Waals surface area contributed by atoms with Crippen molar-refractivity contribution in [2.75, 3.05) is 26.2 Å². The summed E-state index contributed by atoms with van der Waals surface area (Å²) in [5, 5.41) is 0.125. The molecule has 3 fully saturated rings. The number of halogens is 1. The first-order valence-electron chi connectivity index (χ1n) is 8.85. The van der Waals surface area contributed by atoms with E-state index in [4.69, 9.17) is 22.1 Å². The molecular formula is C17H31ClN2O. The summed E-state index contributed by atoms with van der Waals surface area (Å²) in [5.41, 5.74) is 6.18. The molecule has 0 aromatic heterocycles. The second-order valence-electron chi connectivity index (χ2n) is 7.71. The summed E-state index contributed by atoms with van der Waals surface area (Å²) in [6.07, 6.45) is 7.67. The summed E-state index contributed by atoms with van der Waals surface area (Å²) < 4.78 is 6.24. The van der Waals surface area contributed by atoms with Crippen molar-refractivity contribution in [1.29, 1.82) is 0 Å². The molecule has 3 aliphatic rings. The number of hydrogen-bond donors (Lipinski definition) is 1. The molecule has 21 heavy (non-hydrogen) atoms. The molecule has 1 heterocycles. The maximum atomic E-state index is 6.44. The summed E-state index contributed by atoms with van der Waals surface area (Å²) in [7, 11) is 0. The molecular weight excluding hydrogens is 284 g/mol. The van der Waals surface area contributed by atoms with E-state index in [1.807, 2.05) is 0 Å². The van der Waals surface area contributed by atoms with Crippen molar-refractivity contribution in [3.63, 3.8) is 0 Å². The average Bonchev–Trinajstić information content (AvgIpc) is 3.28. The quantitative estimate of drug-likeness (QED) is 0.793. The Morgan fingerprint density at radius 2 is 1.86 bits per heavy atom. The molecule has 1 saturated heterocycles. The first-order valence-corrected chi connectivity index (χ1v) is 9.29. The third kappa shape index (κ3) is 4.57. The molecule has 0 spiro atoms. The van der Waals surface area contributed by atoms with Crippen LogP contribution in [0.5, 0.6) is 0 Å². The van der Waals surface area contributed by atoms with Gasteiger partial charge < -0.3 is 15.4 Å². The SMILES string of the molecule is CC1CCN(CC2CC(Cl)C(N)CC2OCC2CC2)CC1. The molecule has 2 aliphatic carbocycles. The molecule has 4 heteroatoms. The van der Waals surface area contributed by atoms with Gasteiger partial charge in [0.25, 0.3) is 0 Å². The van der Waals surface area contributed by atoms with E-state index < -0.39 is 0 Å². The molecule has 0 amide bonds. The van der Waals surface area contributed by atoms with Crippen LogP contribution in [0.3, 0.4) is 0 Å². The van der Waals surface area contributed by atoms with Crippen molar-refractivity contribution >= 4 is 11.6 Å². The van der Waals surface area contributed by atoms with Crippen LogP contribution in [0.4, 0.5) is 0 Å². The molecule has 0 aromatic carbocycles. The van der Waals surface area contributed by atoms with Crippen molar-refractivity contribution in [1.82, 2.24) is 4.90 Å². The summed E-state index contributed by atoms with van der Waals surface area (Å²) in [4.78, 5) is 2.62. The minimum Gasteiger partial charge on any atom is -0.378 e. The van der Waals surface area contributed by atoms with E-state index in [-0.39, 0.29) is 11.4 Å². The standard InChI is InChI=1S/C17H31ClN2O/c1-12-4-6-20(7-5-12)10-14-8-15(18)16(19)9-17(14)21-11-13-2-3-13/h12-17H,2-11,19H2,1H3. The van der Waals surface area contributed by atoms with Crippen LogP contribution in [-0.2, 0) is 4.74 Å². The topological polar surface area (TPSA) is 38.5 Å². The molecule has 4 unspecified atom stereocenters. The molecule has 2 saturated carbocycles. The van der Waals surface area contributed by atoms with E-state index in [0.717, 1.165) is 37.8 Å². The second kappa shape index (κ2) is 7.16. The first-order chi connectivity index (χ1) is 10.1. The largest absolute Gasteiger partial charge is 0.378 e. The van der Waals surface area contributed by atoms with Gasteiger partial charge in [-0.25, -0.2) is 0 Å². The summed E-state index contributed by atoms with van der Waals surface area (Å²) in [5.74, 6) is 2.29. The van der Waals surface area contributed by atoms with Crippen molar-refractivity contribution in [2.24, 2.45) is 23.5 Å². The molecule has 0 bridgehead atoms. The summed E-state index contributed by atoms with van der Waals surface area (Å²) >= 11 is 6.44. The highest BCUT2D eigenvalue weighted by atomic mass is 35.5. The molecule has 0 radical (unpaired) electrons. The van der Waals surface area contributed by atoms with E-state index in [2.05, 4.69) is 11.8 Å². The van der Waals surface area contributed by atoms with Gasteiger partial charge in [0.05, 0.1) is 6.10 Å². The fourth-order valence-electron chi connectivity index (χ4n) is 3.74. The van der Waals surface area contributed by atoms with Crippen molar-refractivity contribution in [3.8, 4) is 0 Å².